The van der Waals surface area contributed by atoms with Crippen LogP contribution in [-0.4, -0.2) is 13.3 Å². The molecular formula is C18H34N2. The van der Waals surface area contributed by atoms with Crippen LogP contribution in [0.1, 0.15) is 77.6 Å². The number of hydrogen-bond donors (Lipinski definition) is 1. The molecule has 1 rings (SSSR count). The summed E-state index contributed by atoms with van der Waals surface area (Å²) in [5.74, 6) is 1.62. The highest BCUT2D eigenvalue weighted by molar-refractivity contribution is 5.78. The lowest BCUT2D eigenvalue weighted by atomic mass is 9.77. The summed E-state index contributed by atoms with van der Waals surface area (Å²) in [5, 5.41) is 0. The minimum Gasteiger partial charge on any atom is -0.404 e. The third-order valence-corrected chi connectivity index (χ3v) is 4.75. The topological polar surface area (TPSA) is 38.4 Å². The summed E-state index contributed by atoms with van der Waals surface area (Å²) in [5.41, 5.74) is 6.95. The van der Waals surface area contributed by atoms with Crippen LogP contribution in [0.3, 0.4) is 0 Å². The predicted molar refractivity (Wildman–Crippen MR) is 90.1 cm³/mol. The highest BCUT2D eigenvalue weighted by Crippen LogP contribution is 2.35. The van der Waals surface area contributed by atoms with Gasteiger partial charge in [0.2, 0.25) is 0 Å². The number of hydrogen-bond acceptors (Lipinski definition) is 2. The second-order valence-corrected chi connectivity index (χ2v) is 6.33. The maximum absolute atomic E-state index is 5.71. The molecule has 0 aromatic carbocycles. The van der Waals surface area contributed by atoms with Crippen LogP contribution < -0.4 is 5.73 Å². The Bertz CT molecular complexity index is 286. The Morgan fingerprint density at radius 2 is 1.70 bits per heavy atom. The Hall–Kier alpha value is -0.790. The van der Waals surface area contributed by atoms with E-state index in [0.29, 0.717) is 5.92 Å². The lowest BCUT2D eigenvalue weighted by Gasteiger charge is -2.29. The van der Waals surface area contributed by atoms with E-state index in [2.05, 4.69) is 11.9 Å². The van der Waals surface area contributed by atoms with Gasteiger partial charge in [0.15, 0.2) is 0 Å². The molecule has 0 heterocycles. The summed E-state index contributed by atoms with van der Waals surface area (Å²) in [6.07, 6.45) is 19.0. The Labute approximate surface area is 125 Å². The number of rotatable bonds is 9. The van der Waals surface area contributed by atoms with E-state index in [1.807, 2.05) is 13.3 Å². The lowest BCUT2D eigenvalue weighted by Crippen LogP contribution is -2.17. The first-order valence-electron chi connectivity index (χ1n) is 8.65. The average Bonchev–Trinajstić information content (AvgIpc) is 2.49. The molecule has 0 aliphatic heterocycles. The molecule has 0 bridgehead atoms. The number of allylic oxidation sites excluding steroid dienone is 1. The predicted octanol–water partition coefficient (Wildman–Crippen LogP) is 5.09. The molecule has 2 N–H and O–H groups in total. The van der Waals surface area contributed by atoms with E-state index in [0.717, 1.165) is 5.92 Å². The van der Waals surface area contributed by atoms with E-state index >= 15 is 0 Å². The first-order valence-corrected chi connectivity index (χ1v) is 8.65. The third kappa shape index (κ3) is 6.58. The molecule has 1 fully saturated rings. The SMILES string of the molecule is CCCCCCCCC1CCC(C(C=NC)=CN)CC1. The van der Waals surface area contributed by atoms with Crippen molar-refractivity contribution in [3.8, 4) is 0 Å². The van der Waals surface area contributed by atoms with Gasteiger partial charge in [-0.25, -0.2) is 0 Å². The normalized spacial score (nSPS) is 24.4. The van der Waals surface area contributed by atoms with Gasteiger partial charge in [-0.3, -0.25) is 4.99 Å². The van der Waals surface area contributed by atoms with Crippen molar-refractivity contribution in [1.29, 1.82) is 0 Å². The van der Waals surface area contributed by atoms with Crippen molar-refractivity contribution in [3.63, 3.8) is 0 Å². The molecule has 116 valence electrons. The fraction of sp³-hybridized carbons (Fsp3) is 0.833. The van der Waals surface area contributed by atoms with Crippen molar-refractivity contribution in [3.05, 3.63) is 11.8 Å². The molecule has 0 atom stereocenters. The van der Waals surface area contributed by atoms with E-state index in [1.54, 1.807) is 6.20 Å². The molecule has 1 saturated carbocycles. The van der Waals surface area contributed by atoms with Crippen LogP contribution in [-0.2, 0) is 0 Å². The summed E-state index contributed by atoms with van der Waals surface area (Å²) < 4.78 is 0. The van der Waals surface area contributed by atoms with Crippen molar-refractivity contribution < 1.29 is 0 Å². The largest absolute Gasteiger partial charge is 0.404 e. The fourth-order valence-corrected chi connectivity index (χ4v) is 3.43. The smallest absolute Gasteiger partial charge is 0.0277 e. The Morgan fingerprint density at radius 1 is 1.05 bits per heavy atom. The molecule has 0 amide bonds. The molecule has 2 nitrogen and oxygen atoms in total. The highest BCUT2D eigenvalue weighted by atomic mass is 14.6. The molecule has 1 aliphatic carbocycles. The fourth-order valence-electron chi connectivity index (χ4n) is 3.43. The van der Waals surface area contributed by atoms with Crippen molar-refractivity contribution in [1.82, 2.24) is 0 Å². The van der Waals surface area contributed by atoms with Gasteiger partial charge in [-0.05, 0) is 49.3 Å². The van der Waals surface area contributed by atoms with E-state index in [9.17, 15) is 0 Å². The molecule has 0 aromatic rings. The molecular weight excluding hydrogens is 244 g/mol. The summed E-state index contributed by atoms with van der Waals surface area (Å²) in [7, 11) is 1.83. The zero-order valence-electron chi connectivity index (χ0n) is 13.6. The van der Waals surface area contributed by atoms with Crippen molar-refractivity contribution >= 4 is 6.21 Å². The van der Waals surface area contributed by atoms with Crippen LogP contribution in [0.2, 0.25) is 0 Å². The second kappa shape index (κ2) is 10.9. The molecule has 0 unspecified atom stereocenters. The molecule has 1 aliphatic rings. The van der Waals surface area contributed by atoms with Gasteiger partial charge in [-0.1, -0.05) is 51.9 Å². The van der Waals surface area contributed by atoms with Crippen LogP contribution in [0.4, 0.5) is 0 Å². The quantitative estimate of drug-likeness (QED) is 0.463. The standard InChI is InChI=1S/C18H34N2/c1-3-4-5-6-7-8-9-16-10-12-17(13-11-16)18(14-19)15-20-2/h14-17H,3-13,19H2,1-2H3. The van der Waals surface area contributed by atoms with Gasteiger partial charge >= 0.3 is 0 Å². The van der Waals surface area contributed by atoms with Crippen LogP contribution >= 0.6 is 0 Å². The summed E-state index contributed by atoms with van der Waals surface area (Å²) in [6.45, 7) is 2.28. The zero-order chi connectivity index (χ0) is 14.6. The maximum Gasteiger partial charge on any atom is 0.0277 e. The number of aliphatic imine (C=N–C) groups is 1. The van der Waals surface area contributed by atoms with Crippen molar-refractivity contribution in [2.24, 2.45) is 22.6 Å². The Balaban J connectivity index is 2.13. The molecule has 0 aromatic heterocycles. The van der Waals surface area contributed by atoms with Gasteiger partial charge in [0.1, 0.15) is 0 Å². The summed E-state index contributed by atoms with van der Waals surface area (Å²) in [4.78, 5) is 4.11. The van der Waals surface area contributed by atoms with Crippen LogP contribution in [0.25, 0.3) is 0 Å². The van der Waals surface area contributed by atoms with Crippen molar-refractivity contribution in [2.75, 3.05) is 7.05 Å². The number of unbranched alkanes of at least 4 members (excludes halogenated alkanes) is 5. The van der Waals surface area contributed by atoms with Gasteiger partial charge in [0, 0.05) is 13.3 Å². The second-order valence-electron chi connectivity index (χ2n) is 6.33. The van der Waals surface area contributed by atoms with E-state index < -0.39 is 0 Å². The lowest BCUT2D eigenvalue weighted by molar-refractivity contribution is 0.285. The summed E-state index contributed by atoms with van der Waals surface area (Å²) in [6, 6.07) is 0. The number of nitrogens with two attached hydrogens (primary N) is 1. The Kier molecular flexibility index (Phi) is 9.44. The van der Waals surface area contributed by atoms with Gasteiger partial charge in [-0.15, -0.1) is 0 Å². The van der Waals surface area contributed by atoms with Crippen LogP contribution in [0.5, 0.6) is 0 Å². The number of nitrogens with zero attached hydrogens (tertiary/aromatic N) is 1. The van der Waals surface area contributed by atoms with Gasteiger partial charge in [-0.2, -0.15) is 0 Å². The molecule has 0 spiro atoms. The Morgan fingerprint density at radius 3 is 2.30 bits per heavy atom. The first kappa shape index (κ1) is 17.3. The van der Waals surface area contributed by atoms with Gasteiger partial charge in [0.05, 0.1) is 0 Å². The minimum absolute atomic E-state index is 0.657. The van der Waals surface area contributed by atoms with Crippen molar-refractivity contribution in [2.45, 2.75) is 77.6 Å². The molecule has 2 heteroatoms. The molecule has 20 heavy (non-hydrogen) atoms. The minimum atomic E-state index is 0.657. The zero-order valence-corrected chi connectivity index (χ0v) is 13.6. The summed E-state index contributed by atoms with van der Waals surface area (Å²) >= 11 is 0. The van der Waals surface area contributed by atoms with E-state index in [-0.39, 0.29) is 0 Å². The monoisotopic (exact) mass is 278 g/mol. The van der Waals surface area contributed by atoms with E-state index in [1.165, 1.54) is 76.2 Å². The third-order valence-electron chi connectivity index (χ3n) is 4.75. The van der Waals surface area contributed by atoms with Gasteiger partial charge < -0.3 is 5.73 Å². The molecule has 0 saturated heterocycles. The first-order chi connectivity index (χ1) is 9.81. The average molecular weight is 278 g/mol. The highest BCUT2D eigenvalue weighted by Gasteiger charge is 2.22. The van der Waals surface area contributed by atoms with Gasteiger partial charge in [0.25, 0.3) is 0 Å². The van der Waals surface area contributed by atoms with Crippen LogP contribution in [0, 0.1) is 11.8 Å². The molecule has 0 radical (unpaired) electrons. The van der Waals surface area contributed by atoms with E-state index in [4.69, 9.17) is 5.73 Å². The van der Waals surface area contributed by atoms with Crippen LogP contribution in [0.15, 0.2) is 16.8 Å². The maximum atomic E-state index is 5.71.